The van der Waals surface area contributed by atoms with Gasteiger partial charge in [-0.05, 0) is 38.0 Å². The summed E-state index contributed by atoms with van der Waals surface area (Å²) in [5, 5.41) is 4.20. The highest BCUT2D eigenvalue weighted by Gasteiger charge is 2.18. The summed E-state index contributed by atoms with van der Waals surface area (Å²) in [4.78, 5) is 30.5. The fourth-order valence-corrected chi connectivity index (χ4v) is 4.33. The molecule has 2 aromatic carbocycles. The van der Waals surface area contributed by atoms with Crippen LogP contribution in [0.3, 0.4) is 0 Å². The van der Waals surface area contributed by atoms with E-state index >= 15 is 0 Å². The number of carbonyl (C=O) groups excluding carboxylic acids is 1. The number of aromatic nitrogens is 2. The number of para-hydroxylation sites is 1. The van der Waals surface area contributed by atoms with Crippen LogP contribution in [0.1, 0.15) is 25.8 Å². The van der Waals surface area contributed by atoms with E-state index in [4.69, 9.17) is 14.1 Å². The van der Waals surface area contributed by atoms with Gasteiger partial charge in [-0.1, -0.05) is 54.2 Å². The number of hydrogen-bond donors (Lipinski definition) is 1. The van der Waals surface area contributed by atoms with Crippen molar-refractivity contribution in [3.63, 3.8) is 0 Å². The first-order chi connectivity index (χ1) is 16.0. The standard InChI is InChI=1S/C25H27N3O4S/c1-17(2)31-14-8-13-28-24(30)23-22(19-11-6-7-12-20(19)32-23)27-25(28)33-16-21(29)26-15-18-9-4-3-5-10-18/h3-7,9-12,17H,8,13-16H2,1-2H3,(H,26,29). The fourth-order valence-electron chi connectivity index (χ4n) is 3.48. The lowest BCUT2D eigenvalue weighted by Crippen LogP contribution is -2.27. The number of hydrogen-bond acceptors (Lipinski definition) is 6. The second-order valence-electron chi connectivity index (χ2n) is 7.95. The number of nitrogens with one attached hydrogen (secondary N) is 1. The van der Waals surface area contributed by atoms with Crippen LogP contribution < -0.4 is 10.9 Å². The van der Waals surface area contributed by atoms with Gasteiger partial charge in [-0.2, -0.15) is 0 Å². The minimum atomic E-state index is -0.243. The van der Waals surface area contributed by atoms with Gasteiger partial charge in [0.1, 0.15) is 11.1 Å². The molecule has 0 saturated heterocycles. The van der Waals surface area contributed by atoms with Gasteiger partial charge >= 0.3 is 0 Å². The summed E-state index contributed by atoms with van der Waals surface area (Å²) in [5.74, 6) is 0.0354. The van der Waals surface area contributed by atoms with E-state index in [-0.39, 0.29) is 28.9 Å². The molecule has 0 bridgehead atoms. The second kappa shape index (κ2) is 10.7. The third-order valence-electron chi connectivity index (χ3n) is 5.09. The number of benzene rings is 2. The molecule has 2 aromatic heterocycles. The van der Waals surface area contributed by atoms with Gasteiger partial charge in [0, 0.05) is 25.1 Å². The fraction of sp³-hybridized carbons (Fsp3) is 0.320. The number of amides is 1. The molecule has 172 valence electrons. The predicted molar refractivity (Wildman–Crippen MR) is 130 cm³/mol. The van der Waals surface area contributed by atoms with Crippen molar-refractivity contribution in [1.29, 1.82) is 0 Å². The van der Waals surface area contributed by atoms with Gasteiger partial charge in [0.2, 0.25) is 11.5 Å². The first-order valence-corrected chi connectivity index (χ1v) is 12.0. The molecule has 0 spiro atoms. The van der Waals surface area contributed by atoms with Crippen LogP contribution in [0.25, 0.3) is 22.1 Å². The highest BCUT2D eigenvalue weighted by atomic mass is 32.2. The Morgan fingerprint density at radius 2 is 1.91 bits per heavy atom. The molecule has 0 aliphatic carbocycles. The molecule has 4 rings (SSSR count). The molecule has 4 aromatic rings. The maximum Gasteiger partial charge on any atom is 0.297 e. The van der Waals surface area contributed by atoms with E-state index in [0.29, 0.717) is 42.4 Å². The molecule has 0 unspecified atom stereocenters. The van der Waals surface area contributed by atoms with E-state index in [1.807, 2.05) is 68.4 Å². The lowest BCUT2D eigenvalue weighted by atomic mass is 10.2. The molecule has 0 atom stereocenters. The Labute approximate surface area is 196 Å². The summed E-state index contributed by atoms with van der Waals surface area (Å²) in [6.45, 7) is 5.37. The zero-order valence-electron chi connectivity index (χ0n) is 18.7. The predicted octanol–water partition coefficient (Wildman–Crippen LogP) is 4.37. The highest BCUT2D eigenvalue weighted by molar-refractivity contribution is 7.99. The monoisotopic (exact) mass is 465 g/mol. The van der Waals surface area contributed by atoms with Crippen molar-refractivity contribution in [1.82, 2.24) is 14.9 Å². The average Bonchev–Trinajstić information content (AvgIpc) is 3.20. The topological polar surface area (TPSA) is 86.4 Å². The quantitative estimate of drug-likeness (QED) is 0.213. The normalized spacial score (nSPS) is 11.5. The van der Waals surface area contributed by atoms with Crippen LogP contribution in [0, 0.1) is 0 Å². The van der Waals surface area contributed by atoms with Crippen molar-refractivity contribution in [2.24, 2.45) is 0 Å². The summed E-state index contributed by atoms with van der Waals surface area (Å²) in [7, 11) is 0. The lowest BCUT2D eigenvalue weighted by Gasteiger charge is -2.13. The van der Waals surface area contributed by atoms with E-state index in [0.717, 1.165) is 10.9 Å². The Balaban J connectivity index is 1.55. The highest BCUT2D eigenvalue weighted by Crippen LogP contribution is 2.27. The van der Waals surface area contributed by atoms with Crippen molar-refractivity contribution in [2.75, 3.05) is 12.4 Å². The van der Waals surface area contributed by atoms with Crippen LogP contribution in [0.5, 0.6) is 0 Å². The van der Waals surface area contributed by atoms with E-state index in [9.17, 15) is 9.59 Å². The Hall–Kier alpha value is -3.10. The zero-order chi connectivity index (χ0) is 23.2. The first kappa shape index (κ1) is 23.1. The van der Waals surface area contributed by atoms with Crippen molar-refractivity contribution in [3.8, 4) is 0 Å². The molecule has 0 radical (unpaired) electrons. The zero-order valence-corrected chi connectivity index (χ0v) is 19.6. The molecule has 0 saturated carbocycles. The summed E-state index contributed by atoms with van der Waals surface area (Å²) >= 11 is 1.25. The largest absolute Gasteiger partial charge is 0.448 e. The Morgan fingerprint density at radius 3 is 2.70 bits per heavy atom. The van der Waals surface area contributed by atoms with Gasteiger partial charge in [-0.15, -0.1) is 0 Å². The van der Waals surface area contributed by atoms with Crippen LogP contribution in [0.2, 0.25) is 0 Å². The summed E-state index contributed by atoms with van der Waals surface area (Å²) in [5.41, 5.74) is 2.17. The van der Waals surface area contributed by atoms with Crippen LogP contribution in [-0.4, -0.2) is 33.9 Å². The number of thioether (sulfide) groups is 1. The van der Waals surface area contributed by atoms with Gasteiger partial charge in [0.05, 0.1) is 11.9 Å². The molecular formula is C25H27N3O4S. The number of fused-ring (bicyclic) bond motifs is 3. The molecule has 1 amide bonds. The third-order valence-corrected chi connectivity index (χ3v) is 6.07. The van der Waals surface area contributed by atoms with Gasteiger partial charge in [-0.25, -0.2) is 4.98 Å². The maximum atomic E-state index is 13.3. The molecule has 2 heterocycles. The molecule has 0 fully saturated rings. The van der Waals surface area contributed by atoms with E-state index in [1.165, 1.54) is 11.8 Å². The van der Waals surface area contributed by atoms with Gasteiger partial charge < -0.3 is 14.5 Å². The van der Waals surface area contributed by atoms with Gasteiger partial charge in [0.15, 0.2) is 5.16 Å². The van der Waals surface area contributed by atoms with Gasteiger partial charge in [0.25, 0.3) is 5.56 Å². The minimum absolute atomic E-state index is 0.120. The number of carbonyl (C=O) groups is 1. The molecule has 8 heteroatoms. The summed E-state index contributed by atoms with van der Waals surface area (Å²) < 4.78 is 13.0. The van der Waals surface area contributed by atoms with Gasteiger partial charge in [-0.3, -0.25) is 14.2 Å². The third kappa shape index (κ3) is 5.64. The first-order valence-electron chi connectivity index (χ1n) is 11.0. The lowest BCUT2D eigenvalue weighted by molar-refractivity contribution is -0.118. The van der Waals surface area contributed by atoms with E-state index in [1.54, 1.807) is 4.57 Å². The van der Waals surface area contributed by atoms with Crippen molar-refractivity contribution < 1.29 is 13.9 Å². The average molecular weight is 466 g/mol. The second-order valence-corrected chi connectivity index (χ2v) is 8.89. The molecule has 1 N–H and O–H groups in total. The smallest absolute Gasteiger partial charge is 0.297 e. The molecular weight excluding hydrogens is 438 g/mol. The number of nitrogens with zero attached hydrogens (tertiary/aromatic N) is 2. The van der Waals surface area contributed by atoms with Crippen molar-refractivity contribution in [2.45, 2.75) is 44.6 Å². The summed E-state index contributed by atoms with van der Waals surface area (Å²) in [6.07, 6.45) is 0.777. The molecule has 7 nitrogen and oxygen atoms in total. The van der Waals surface area contributed by atoms with Crippen molar-refractivity contribution in [3.05, 3.63) is 70.5 Å². The molecule has 33 heavy (non-hydrogen) atoms. The molecule has 0 aliphatic rings. The maximum absolute atomic E-state index is 13.3. The van der Waals surface area contributed by atoms with Crippen LogP contribution >= 0.6 is 11.8 Å². The number of furan rings is 1. The minimum Gasteiger partial charge on any atom is -0.448 e. The Bertz CT molecular complexity index is 1300. The Kier molecular flexibility index (Phi) is 7.47. The summed E-state index contributed by atoms with van der Waals surface area (Å²) in [6, 6.07) is 17.2. The van der Waals surface area contributed by atoms with Crippen LogP contribution in [-0.2, 0) is 22.6 Å². The number of ether oxygens (including phenoxy) is 1. The van der Waals surface area contributed by atoms with E-state index in [2.05, 4.69) is 5.32 Å². The van der Waals surface area contributed by atoms with E-state index < -0.39 is 0 Å². The van der Waals surface area contributed by atoms with Crippen LogP contribution in [0.15, 0.2) is 69.0 Å². The SMILES string of the molecule is CC(C)OCCCn1c(SCC(=O)NCc2ccccc2)nc2c(oc3ccccc32)c1=O. The molecule has 0 aliphatic heterocycles. The van der Waals surface area contributed by atoms with Crippen LogP contribution in [0.4, 0.5) is 0 Å². The number of rotatable bonds is 10. The Morgan fingerprint density at radius 1 is 1.15 bits per heavy atom. The van der Waals surface area contributed by atoms with Crippen molar-refractivity contribution >= 4 is 39.7 Å².